The molecule has 1 aromatic carbocycles. The van der Waals surface area contributed by atoms with Crippen molar-refractivity contribution in [3.8, 4) is 0 Å². The maximum atomic E-state index is 3.68. The van der Waals surface area contributed by atoms with Gasteiger partial charge in [-0.2, -0.15) is 0 Å². The van der Waals surface area contributed by atoms with E-state index in [0.29, 0.717) is 11.5 Å². The van der Waals surface area contributed by atoms with Crippen LogP contribution in [0.3, 0.4) is 0 Å². The lowest BCUT2D eigenvalue weighted by molar-refractivity contribution is 0.336. The van der Waals surface area contributed by atoms with Gasteiger partial charge in [0.05, 0.1) is 0 Å². The van der Waals surface area contributed by atoms with Gasteiger partial charge in [0.25, 0.3) is 0 Å². The summed E-state index contributed by atoms with van der Waals surface area (Å²) in [7, 11) is 0. The lowest BCUT2D eigenvalue weighted by atomic mass is 9.92. The van der Waals surface area contributed by atoms with Crippen molar-refractivity contribution < 1.29 is 0 Å². The summed E-state index contributed by atoms with van der Waals surface area (Å²) in [6.07, 6.45) is 3.99. The zero-order valence-electron chi connectivity index (χ0n) is 11.5. The van der Waals surface area contributed by atoms with Crippen molar-refractivity contribution in [2.24, 2.45) is 11.3 Å². The maximum absolute atomic E-state index is 3.68. The van der Waals surface area contributed by atoms with Crippen LogP contribution in [-0.2, 0) is 6.42 Å². The number of rotatable bonds is 5. The number of hydrogen-bond acceptors (Lipinski definition) is 2. The predicted molar refractivity (Wildman–Crippen MR) is 76.9 cm³/mol. The van der Waals surface area contributed by atoms with Crippen LogP contribution in [0.1, 0.15) is 32.3 Å². The van der Waals surface area contributed by atoms with E-state index in [1.807, 2.05) is 0 Å². The highest BCUT2D eigenvalue weighted by atomic mass is 15.0. The molecule has 2 heteroatoms. The van der Waals surface area contributed by atoms with Crippen molar-refractivity contribution in [3.05, 3.63) is 29.8 Å². The molecule has 0 amide bonds. The molecule has 18 heavy (non-hydrogen) atoms. The average molecular weight is 244 g/mol. The van der Waals surface area contributed by atoms with Gasteiger partial charge in [-0.05, 0) is 42.2 Å². The van der Waals surface area contributed by atoms with E-state index in [-0.39, 0.29) is 0 Å². The Morgan fingerprint density at radius 2 is 2.11 bits per heavy atom. The number of hydrogen-bond donors (Lipinski definition) is 2. The highest BCUT2D eigenvalue weighted by Gasteiger charge is 2.44. The third kappa shape index (κ3) is 2.26. The third-order valence-electron chi connectivity index (χ3n) is 4.83. The second kappa shape index (κ2) is 4.58. The van der Waals surface area contributed by atoms with E-state index in [1.54, 1.807) is 0 Å². The number of benzene rings is 1. The van der Waals surface area contributed by atoms with E-state index in [4.69, 9.17) is 0 Å². The molecule has 2 nitrogen and oxygen atoms in total. The zero-order chi connectivity index (χ0) is 12.6. The second-order valence-corrected chi connectivity index (χ2v) is 6.35. The minimum Gasteiger partial charge on any atom is -0.380 e. The highest BCUT2D eigenvalue weighted by Crippen LogP contribution is 2.51. The summed E-state index contributed by atoms with van der Waals surface area (Å²) in [6, 6.07) is 9.24. The highest BCUT2D eigenvalue weighted by molar-refractivity contribution is 5.56. The molecule has 0 spiro atoms. The van der Waals surface area contributed by atoms with Crippen LogP contribution in [-0.4, -0.2) is 19.1 Å². The SMILES string of the molecule is CC(C)C1(CNCC2Cc3ccccc3N2)CC1. The molecule has 0 aromatic heterocycles. The summed E-state index contributed by atoms with van der Waals surface area (Å²) >= 11 is 0. The van der Waals surface area contributed by atoms with Crippen LogP contribution in [0.4, 0.5) is 5.69 Å². The van der Waals surface area contributed by atoms with Crippen LogP contribution < -0.4 is 10.6 Å². The fourth-order valence-corrected chi connectivity index (χ4v) is 3.11. The number of nitrogens with one attached hydrogen (secondary N) is 2. The summed E-state index contributed by atoms with van der Waals surface area (Å²) in [5, 5.41) is 7.29. The number of anilines is 1. The van der Waals surface area contributed by atoms with Gasteiger partial charge in [-0.25, -0.2) is 0 Å². The largest absolute Gasteiger partial charge is 0.380 e. The number of para-hydroxylation sites is 1. The van der Waals surface area contributed by atoms with Crippen LogP contribution in [0.5, 0.6) is 0 Å². The van der Waals surface area contributed by atoms with E-state index in [0.717, 1.165) is 18.9 Å². The Hall–Kier alpha value is -1.02. The molecule has 2 N–H and O–H groups in total. The fourth-order valence-electron chi connectivity index (χ4n) is 3.11. The minimum atomic E-state index is 0.574. The molecule has 0 saturated heterocycles. The third-order valence-corrected chi connectivity index (χ3v) is 4.83. The summed E-state index contributed by atoms with van der Waals surface area (Å²) in [4.78, 5) is 0. The Labute approximate surface area is 110 Å². The standard InChI is InChI=1S/C16H24N2/c1-12(2)16(7-8-16)11-17-10-14-9-13-5-3-4-6-15(13)18-14/h3-6,12,14,17-18H,7-11H2,1-2H3. The maximum Gasteiger partial charge on any atom is 0.0427 e. The minimum absolute atomic E-state index is 0.574. The summed E-state index contributed by atoms with van der Waals surface area (Å²) < 4.78 is 0. The Morgan fingerprint density at radius 3 is 2.78 bits per heavy atom. The van der Waals surface area contributed by atoms with Crippen LogP contribution in [0.2, 0.25) is 0 Å². The molecule has 2 aliphatic rings. The van der Waals surface area contributed by atoms with Crippen molar-refractivity contribution in [2.45, 2.75) is 39.2 Å². The van der Waals surface area contributed by atoms with E-state index in [1.165, 1.54) is 30.6 Å². The second-order valence-electron chi connectivity index (χ2n) is 6.35. The van der Waals surface area contributed by atoms with Crippen molar-refractivity contribution in [1.29, 1.82) is 0 Å². The molecule has 0 radical (unpaired) electrons. The molecular weight excluding hydrogens is 220 g/mol. The lowest BCUT2D eigenvalue weighted by Gasteiger charge is -2.21. The van der Waals surface area contributed by atoms with E-state index < -0.39 is 0 Å². The van der Waals surface area contributed by atoms with E-state index in [9.17, 15) is 0 Å². The molecule has 0 bridgehead atoms. The first-order valence-corrected chi connectivity index (χ1v) is 7.25. The molecule has 1 aliphatic heterocycles. The smallest absolute Gasteiger partial charge is 0.0427 e. The van der Waals surface area contributed by atoms with Crippen LogP contribution in [0, 0.1) is 11.3 Å². The van der Waals surface area contributed by atoms with Crippen molar-refractivity contribution in [2.75, 3.05) is 18.4 Å². The first kappa shape index (κ1) is 12.0. The molecule has 1 heterocycles. The van der Waals surface area contributed by atoms with Gasteiger partial charge in [0.1, 0.15) is 0 Å². The van der Waals surface area contributed by atoms with Gasteiger partial charge in [-0.3, -0.25) is 0 Å². The monoisotopic (exact) mass is 244 g/mol. The molecule has 1 atom stereocenters. The molecule has 1 aliphatic carbocycles. The van der Waals surface area contributed by atoms with Gasteiger partial charge in [-0.15, -0.1) is 0 Å². The summed E-state index contributed by atoms with van der Waals surface area (Å²) in [5.41, 5.74) is 3.41. The molecule has 98 valence electrons. The first-order chi connectivity index (χ1) is 8.70. The van der Waals surface area contributed by atoms with Crippen molar-refractivity contribution in [3.63, 3.8) is 0 Å². The van der Waals surface area contributed by atoms with Crippen molar-refractivity contribution in [1.82, 2.24) is 5.32 Å². The molecule has 1 aromatic rings. The van der Waals surface area contributed by atoms with Gasteiger partial charge in [0.15, 0.2) is 0 Å². The van der Waals surface area contributed by atoms with Gasteiger partial charge in [-0.1, -0.05) is 32.0 Å². The topological polar surface area (TPSA) is 24.1 Å². The molecule has 1 fully saturated rings. The number of fused-ring (bicyclic) bond motifs is 1. The average Bonchev–Trinajstić information content (AvgIpc) is 3.03. The van der Waals surface area contributed by atoms with Crippen molar-refractivity contribution >= 4 is 5.69 Å². The fraction of sp³-hybridized carbons (Fsp3) is 0.625. The van der Waals surface area contributed by atoms with Gasteiger partial charge >= 0.3 is 0 Å². The van der Waals surface area contributed by atoms with Crippen LogP contribution in [0.15, 0.2) is 24.3 Å². The first-order valence-electron chi connectivity index (χ1n) is 7.25. The van der Waals surface area contributed by atoms with E-state index >= 15 is 0 Å². The Morgan fingerprint density at radius 1 is 1.33 bits per heavy atom. The molecule has 1 unspecified atom stereocenters. The normalized spacial score (nSPS) is 23.8. The quantitative estimate of drug-likeness (QED) is 0.832. The Bertz CT molecular complexity index is 396. The molecular formula is C16H24N2. The van der Waals surface area contributed by atoms with Gasteiger partial charge in [0.2, 0.25) is 0 Å². The summed E-state index contributed by atoms with van der Waals surface area (Å²) in [6.45, 7) is 7.00. The Kier molecular flexibility index (Phi) is 3.06. The van der Waals surface area contributed by atoms with E-state index in [2.05, 4.69) is 48.7 Å². The Balaban J connectivity index is 1.46. The predicted octanol–water partition coefficient (Wildman–Crippen LogP) is 3.05. The summed E-state index contributed by atoms with van der Waals surface area (Å²) in [5.74, 6) is 0.818. The molecule has 1 saturated carbocycles. The van der Waals surface area contributed by atoms with Gasteiger partial charge in [0, 0.05) is 24.8 Å². The van der Waals surface area contributed by atoms with Gasteiger partial charge < -0.3 is 10.6 Å². The van der Waals surface area contributed by atoms with Crippen LogP contribution in [0.25, 0.3) is 0 Å². The molecule has 3 rings (SSSR count). The van der Waals surface area contributed by atoms with Crippen LogP contribution >= 0.6 is 0 Å². The lowest BCUT2D eigenvalue weighted by Crippen LogP contribution is -2.36. The zero-order valence-corrected chi connectivity index (χ0v) is 11.5.